The van der Waals surface area contributed by atoms with E-state index in [1.165, 1.54) is 0 Å². The standard InChI is InChI=1S/C11H16ClN3O2/c1-6(2)15-10(7(12)5-13-15)8-3-4-9(14-8)11(16)17/h5-6,8-9,14H,3-4H2,1-2H3,(H,16,17). The first-order valence-corrected chi connectivity index (χ1v) is 6.10. The van der Waals surface area contributed by atoms with Gasteiger partial charge in [0.1, 0.15) is 6.04 Å². The summed E-state index contributed by atoms with van der Waals surface area (Å²) < 4.78 is 1.85. The predicted octanol–water partition coefficient (Wildman–Crippen LogP) is 2.00. The quantitative estimate of drug-likeness (QED) is 0.869. The van der Waals surface area contributed by atoms with Gasteiger partial charge in [0.25, 0.3) is 0 Å². The molecule has 6 heteroatoms. The zero-order valence-electron chi connectivity index (χ0n) is 9.85. The van der Waals surface area contributed by atoms with Crippen LogP contribution in [0.15, 0.2) is 6.20 Å². The van der Waals surface area contributed by atoms with Crippen molar-refractivity contribution in [2.75, 3.05) is 0 Å². The largest absolute Gasteiger partial charge is 0.480 e. The summed E-state index contributed by atoms with van der Waals surface area (Å²) in [6.45, 7) is 4.05. The number of nitrogens with zero attached hydrogens (tertiary/aromatic N) is 2. The lowest BCUT2D eigenvalue weighted by atomic mass is 10.1. The average Bonchev–Trinajstić information content (AvgIpc) is 2.82. The minimum atomic E-state index is -0.806. The molecule has 1 saturated heterocycles. The molecule has 0 aromatic carbocycles. The fourth-order valence-electron chi connectivity index (χ4n) is 2.24. The number of hydrogen-bond donors (Lipinski definition) is 2. The summed E-state index contributed by atoms with van der Waals surface area (Å²) in [5, 5.41) is 16.9. The second-order valence-electron chi connectivity index (χ2n) is 4.60. The summed E-state index contributed by atoms with van der Waals surface area (Å²) in [4.78, 5) is 10.9. The smallest absolute Gasteiger partial charge is 0.320 e. The van der Waals surface area contributed by atoms with Crippen molar-refractivity contribution >= 4 is 17.6 Å². The van der Waals surface area contributed by atoms with Crippen molar-refractivity contribution in [1.29, 1.82) is 0 Å². The van der Waals surface area contributed by atoms with Crippen molar-refractivity contribution in [2.45, 2.75) is 44.8 Å². The van der Waals surface area contributed by atoms with E-state index in [9.17, 15) is 4.79 Å². The van der Waals surface area contributed by atoms with Crippen LogP contribution in [-0.2, 0) is 4.79 Å². The molecule has 17 heavy (non-hydrogen) atoms. The second kappa shape index (κ2) is 4.66. The van der Waals surface area contributed by atoms with Crippen molar-refractivity contribution in [3.05, 3.63) is 16.9 Å². The normalized spacial score (nSPS) is 24.5. The number of carbonyl (C=O) groups is 1. The molecule has 2 unspecified atom stereocenters. The maximum Gasteiger partial charge on any atom is 0.320 e. The number of aromatic nitrogens is 2. The first-order chi connectivity index (χ1) is 8.00. The Morgan fingerprint density at radius 1 is 1.65 bits per heavy atom. The molecule has 1 fully saturated rings. The minimum Gasteiger partial charge on any atom is -0.480 e. The predicted molar refractivity (Wildman–Crippen MR) is 64.2 cm³/mol. The molecule has 0 aliphatic carbocycles. The summed E-state index contributed by atoms with van der Waals surface area (Å²) in [6, 6.07) is -0.289. The highest BCUT2D eigenvalue weighted by Crippen LogP contribution is 2.32. The molecule has 1 aliphatic rings. The lowest BCUT2D eigenvalue weighted by Gasteiger charge is -2.17. The monoisotopic (exact) mass is 257 g/mol. The van der Waals surface area contributed by atoms with Gasteiger partial charge in [0.15, 0.2) is 0 Å². The Bertz CT molecular complexity index is 430. The van der Waals surface area contributed by atoms with Gasteiger partial charge >= 0.3 is 5.97 Å². The van der Waals surface area contributed by atoms with Crippen molar-refractivity contribution < 1.29 is 9.90 Å². The SMILES string of the molecule is CC(C)n1ncc(Cl)c1C1CCC(C(=O)O)N1. The van der Waals surface area contributed by atoms with Gasteiger partial charge in [-0.1, -0.05) is 11.6 Å². The van der Waals surface area contributed by atoms with Crippen molar-refractivity contribution in [3.8, 4) is 0 Å². The Balaban J connectivity index is 2.24. The van der Waals surface area contributed by atoms with Crippen LogP contribution in [0, 0.1) is 0 Å². The van der Waals surface area contributed by atoms with Gasteiger partial charge in [-0.3, -0.25) is 14.8 Å². The van der Waals surface area contributed by atoms with Gasteiger partial charge in [-0.2, -0.15) is 5.10 Å². The molecule has 2 heterocycles. The summed E-state index contributed by atoms with van der Waals surface area (Å²) >= 11 is 6.13. The number of carboxylic acids is 1. The lowest BCUT2D eigenvalue weighted by molar-refractivity contribution is -0.139. The third-order valence-corrected chi connectivity index (χ3v) is 3.34. The molecular weight excluding hydrogens is 242 g/mol. The molecule has 0 bridgehead atoms. The molecule has 2 rings (SSSR count). The van der Waals surface area contributed by atoms with Crippen molar-refractivity contribution in [1.82, 2.24) is 15.1 Å². The molecule has 2 atom stereocenters. The molecule has 0 spiro atoms. The number of halogens is 1. The fraction of sp³-hybridized carbons (Fsp3) is 0.636. The second-order valence-corrected chi connectivity index (χ2v) is 5.01. The molecule has 1 aromatic rings. The maximum absolute atomic E-state index is 10.9. The highest BCUT2D eigenvalue weighted by atomic mass is 35.5. The lowest BCUT2D eigenvalue weighted by Crippen LogP contribution is -2.32. The molecule has 94 valence electrons. The highest BCUT2D eigenvalue weighted by molar-refractivity contribution is 6.31. The zero-order chi connectivity index (χ0) is 12.6. The van der Waals surface area contributed by atoms with Gasteiger partial charge < -0.3 is 5.11 Å². The number of nitrogens with one attached hydrogen (secondary N) is 1. The molecule has 2 N–H and O–H groups in total. The molecule has 0 radical (unpaired) electrons. The number of aliphatic carboxylic acids is 1. The third kappa shape index (κ3) is 2.30. The third-order valence-electron chi connectivity index (χ3n) is 3.05. The first kappa shape index (κ1) is 12.4. The van der Waals surface area contributed by atoms with E-state index in [-0.39, 0.29) is 12.1 Å². The maximum atomic E-state index is 10.9. The van der Waals surface area contributed by atoms with Crippen molar-refractivity contribution in [3.63, 3.8) is 0 Å². The Morgan fingerprint density at radius 3 is 2.88 bits per heavy atom. The number of carboxylic acid groups (broad SMARTS) is 1. The average molecular weight is 258 g/mol. The minimum absolute atomic E-state index is 0.0199. The van der Waals surface area contributed by atoms with Crippen LogP contribution in [0.3, 0.4) is 0 Å². The summed E-state index contributed by atoms with van der Waals surface area (Å²) in [6.07, 6.45) is 3.02. The van der Waals surface area contributed by atoms with Gasteiger partial charge in [-0.25, -0.2) is 0 Å². The van der Waals surface area contributed by atoms with E-state index in [0.29, 0.717) is 11.4 Å². The highest BCUT2D eigenvalue weighted by Gasteiger charge is 2.33. The van der Waals surface area contributed by atoms with Gasteiger partial charge in [0, 0.05) is 6.04 Å². The Labute approximate surface area is 105 Å². The fourth-order valence-corrected chi connectivity index (χ4v) is 2.50. The van der Waals surface area contributed by atoms with Gasteiger partial charge in [-0.15, -0.1) is 0 Å². The number of hydrogen-bond acceptors (Lipinski definition) is 3. The van der Waals surface area contributed by atoms with E-state index in [2.05, 4.69) is 10.4 Å². The number of rotatable bonds is 3. The summed E-state index contributed by atoms with van der Waals surface area (Å²) in [7, 11) is 0. The summed E-state index contributed by atoms with van der Waals surface area (Å²) in [5.41, 5.74) is 0.894. The van der Waals surface area contributed by atoms with E-state index in [1.807, 2.05) is 18.5 Å². The van der Waals surface area contributed by atoms with Crippen LogP contribution in [0.25, 0.3) is 0 Å². The Hall–Kier alpha value is -1.07. The van der Waals surface area contributed by atoms with Gasteiger partial charge in [-0.05, 0) is 26.7 Å². The van der Waals surface area contributed by atoms with E-state index < -0.39 is 12.0 Å². The van der Waals surface area contributed by atoms with Crippen LogP contribution in [0.1, 0.15) is 44.5 Å². The molecule has 1 aromatic heterocycles. The van der Waals surface area contributed by atoms with Gasteiger partial charge in [0.2, 0.25) is 0 Å². The molecule has 5 nitrogen and oxygen atoms in total. The molecule has 0 amide bonds. The van der Waals surface area contributed by atoms with Crippen LogP contribution in [0.4, 0.5) is 0 Å². The molecule has 0 saturated carbocycles. The molecular formula is C11H16ClN3O2. The van der Waals surface area contributed by atoms with Crippen LogP contribution < -0.4 is 5.32 Å². The Kier molecular flexibility index (Phi) is 3.40. The van der Waals surface area contributed by atoms with Crippen LogP contribution in [0.2, 0.25) is 5.02 Å². The van der Waals surface area contributed by atoms with Crippen LogP contribution in [-0.4, -0.2) is 26.9 Å². The van der Waals surface area contributed by atoms with E-state index >= 15 is 0 Å². The topological polar surface area (TPSA) is 67.2 Å². The van der Waals surface area contributed by atoms with Crippen LogP contribution in [0.5, 0.6) is 0 Å². The van der Waals surface area contributed by atoms with E-state index in [4.69, 9.17) is 16.7 Å². The summed E-state index contributed by atoms with van der Waals surface area (Å²) in [5.74, 6) is -0.806. The Morgan fingerprint density at radius 2 is 2.35 bits per heavy atom. The van der Waals surface area contributed by atoms with Gasteiger partial charge in [0.05, 0.1) is 23.0 Å². The molecule has 1 aliphatic heterocycles. The van der Waals surface area contributed by atoms with Crippen LogP contribution >= 0.6 is 11.6 Å². The van der Waals surface area contributed by atoms with E-state index in [1.54, 1.807) is 6.20 Å². The van der Waals surface area contributed by atoms with Crippen molar-refractivity contribution in [2.24, 2.45) is 0 Å². The zero-order valence-corrected chi connectivity index (χ0v) is 10.6. The van der Waals surface area contributed by atoms with E-state index in [0.717, 1.165) is 12.1 Å². The first-order valence-electron chi connectivity index (χ1n) is 5.72.